The maximum absolute atomic E-state index is 10.7. The molecule has 1 heterocycles. The van der Waals surface area contributed by atoms with E-state index < -0.39 is 0 Å². The molecule has 1 aliphatic carbocycles. The zero-order valence-corrected chi connectivity index (χ0v) is 8.10. The fraction of sp³-hybridized carbons (Fsp3) is 0.600. The van der Waals surface area contributed by atoms with Crippen molar-refractivity contribution in [2.75, 3.05) is 6.54 Å². The lowest BCUT2D eigenvalue weighted by Gasteiger charge is -2.19. The van der Waals surface area contributed by atoms with Gasteiger partial charge in [-0.2, -0.15) is 5.10 Å². The van der Waals surface area contributed by atoms with Crippen molar-refractivity contribution >= 4 is 6.29 Å². The Bertz CT molecular complexity index is 321. The summed E-state index contributed by atoms with van der Waals surface area (Å²) in [6.07, 6.45) is 5.96. The number of hydrogen-bond acceptors (Lipinski definition) is 3. The maximum atomic E-state index is 10.7. The molecule has 1 aliphatic rings. The first-order valence-electron chi connectivity index (χ1n) is 5.05. The molecule has 2 unspecified atom stereocenters. The van der Waals surface area contributed by atoms with Crippen LogP contribution in [0.25, 0.3) is 0 Å². The molecular formula is C10H15N3O. The van der Waals surface area contributed by atoms with E-state index in [-0.39, 0.29) is 0 Å². The third kappa shape index (κ3) is 1.46. The van der Waals surface area contributed by atoms with Gasteiger partial charge in [-0.1, -0.05) is 6.42 Å². The molecule has 4 nitrogen and oxygen atoms in total. The minimum Gasteiger partial charge on any atom is -0.330 e. The van der Waals surface area contributed by atoms with Gasteiger partial charge in [0.15, 0.2) is 6.29 Å². The van der Waals surface area contributed by atoms with Crippen LogP contribution in [-0.2, 0) is 0 Å². The molecule has 0 radical (unpaired) electrons. The van der Waals surface area contributed by atoms with Crippen molar-refractivity contribution in [2.45, 2.75) is 25.3 Å². The minimum absolute atomic E-state index is 0.329. The van der Waals surface area contributed by atoms with Crippen molar-refractivity contribution in [3.05, 3.63) is 18.0 Å². The van der Waals surface area contributed by atoms with Crippen LogP contribution in [0.2, 0.25) is 0 Å². The van der Waals surface area contributed by atoms with Gasteiger partial charge >= 0.3 is 0 Å². The smallest absolute Gasteiger partial charge is 0.168 e. The second kappa shape index (κ2) is 3.92. The second-order valence-electron chi connectivity index (χ2n) is 3.81. The Balaban J connectivity index is 2.25. The lowest BCUT2D eigenvalue weighted by molar-refractivity contribution is 0.111. The maximum Gasteiger partial charge on any atom is 0.168 e. The fourth-order valence-electron chi connectivity index (χ4n) is 2.31. The van der Waals surface area contributed by atoms with E-state index >= 15 is 0 Å². The highest BCUT2D eigenvalue weighted by molar-refractivity contribution is 5.71. The molecule has 0 aliphatic heterocycles. The summed E-state index contributed by atoms with van der Waals surface area (Å²) in [7, 11) is 0. The van der Waals surface area contributed by atoms with E-state index in [1.807, 2.05) is 4.68 Å². The lowest BCUT2D eigenvalue weighted by Crippen LogP contribution is -2.23. The van der Waals surface area contributed by atoms with Crippen molar-refractivity contribution in [3.63, 3.8) is 0 Å². The first kappa shape index (κ1) is 9.40. The highest BCUT2D eigenvalue weighted by Crippen LogP contribution is 2.34. The van der Waals surface area contributed by atoms with Crippen molar-refractivity contribution in [1.29, 1.82) is 0 Å². The van der Waals surface area contributed by atoms with Gasteiger partial charge in [-0.15, -0.1) is 0 Å². The number of carbonyl (C=O) groups is 1. The molecule has 2 N–H and O–H groups in total. The summed E-state index contributed by atoms with van der Waals surface area (Å²) in [6.45, 7) is 0.683. The third-order valence-corrected chi connectivity index (χ3v) is 3.06. The molecule has 76 valence electrons. The number of nitrogens with two attached hydrogens (primary N) is 1. The Morgan fingerprint density at radius 1 is 1.64 bits per heavy atom. The molecule has 4 heteroatoms. The van der Waals surface area contributed by atoms with Crippen molar-refractivity contribution in [3.8, 4) is 0 Å². The second-order valence-corrected chi connectivity index (χ2v) is 3.81. The van der Waals surface area contributed by atoms with Gasteiger partial charge in [0.05, 0.1) is 6.04 Å². The third-order valence-electron chi connectivity index (χ3n) is 3.06. The Morgan fingerprint density at radius 3 is 3.21 bits per heavy atom. The number of rotatable bonds is 3. The highest BCUT2D eigenvalue weighted by Gasteiger charge is 2.29. The monoisotopic (exact) mass is 193 g/mol. The Hall–Kier alpha value is -1.16. The van der Waals surface area contributed by atoms with E-state index in [4.69, 9.17) is 5.73 Å². The van der Waals surface area contributed by atoms with Crippen LogP contribution < -0.4 is 5.73 Å². The number of hydrogen-bond donors (Lipinski definition) is 1. The Morgan fingerprint density at radius 2 is 2.50 bits per heavy atom. The van der Waals surface area contributed by atoms with E-state index in [0.717, 1.165) is 19.1 Å². The van der Waals surface area contributed by atoms with Gasteiger partial charge in [-0.3, -0.25) is 9.48 Å². The summed E-state index contributed by atoms with van der Waals surface area (Å²) >= 11 is 0. The fourth-order valence-corrected chi connectivity index (χ4v) is 2.31. The molecule has 0 bridgehead atoms. The van der Waals surface area contributed by atoms with Crippen LogP contribution >= 0.6 is 0 Å². The van der Waals surface area contributed by atoms with Crippen LogP contribution in [0, 0.1) is 5.92 Å². The zero-order valence-electron chi connectivity index (χ0n) is 8.10. The number of carbonyl (C=O) groups excluding carboxylic acids is 1. The molecule has 0 aromatic carbocycles. The highest BCUT2D eigenvalue weighted by atomic mass is 16.1. The first-order chi connectivity index (χ1) is 6.86. The molecule has 2 atom stereocenters. The summed E-state index contributed by atoms with van der Waals surface area (Å²) in [6, 6.07) is 2.08. The standard InChI is InChI=1S/C10H15N3O/c11-6-8-2-1-3-10(8)13-9(7-14)4-5-12-13/h4-5,7-8,10H,1-3,6,11H2. The molecule has 1 aromatic rings. The number of aromatic nitrogens is 2. The van der Waals surface area contributed by atoms with Crippen LogP contribution in [0.5, 0.6) is 0 Å². The van der Waals surface area contributed by atoms with Gasteiger partial charge in [-0.25, -0.2) is 0 Å². The number of nitrogens with zero attached hydrogens (tertiary/aromatic N) is 2. The summed E-state index contributed by atoms with van der Waals surface area (Å²) in [4.78, 5) is 10.7. The van der Waals surface area contributed by atoms with Gasteiger partial charge in [0.1, 0.15) is 5.69 Å². The van der Waals surface area contributed by atoms with Gasteiger partial charge in [0.25, 0.3) is 0 Å². The van der Waals surface area contributed by atoms with Crippen molar-refractivity contribution in [1.82, 2.24) is 9.78 Å². The molecule has 1 fully saturated rings. The SMILES string of the molecule is NCC1CCCC1n1nccc1C=O. The lowest BCUT2D eigenvalue weighted by atomic mass is 10.0. The quantitative estimate of drug-likeness (QED) is 0.728. The van der Waals surface area contributed by atoms with Gasteiger partial charge in [-0.05, 0) is 31.4 Å². The predicted molar refractivity (Wildman–Crippen MR) is 53.0 cm³/mol. The van der Waals surface area contributed by atoms with Crippen LogP contribution in [0.4, 0.5) is 0 Å². The molecule has 0 saturated heterocycles. The van der Waals surface area contributed by atoms with Crippen LogP contribution in [0.1, 0.15) is 35.8 Å². The number of aldehydes is 1. The topological polar surface area (TPSA) is 60.9 Å². The Labute approximate surface area is 83.1 Å². The van der Waals surface area contributed by atoms with Crippen LogP contribution in [0.15, 0.2) is 12.3 Å². The molecule has 1 saturated carbocycles. The van der Waals surface area contributed by atoms with Gasteiger partial charge in [0.2, 0.25) is 0 Å². The molecular weight excluding hydrogens is 178 g/mol. The van der Waals surface area contributed by atoms with Crippen molar-refractivity contribution in [2.24, 2.45) is 11.7 Å². The van der Waals surface area contributed by atoms with Crippen LogP contribution in [-0.4, -0.2) is 22.6 Å². The molecule has 0 amide bonds. The van der Waals surface area contributed by atoms with E-state index in [2.05, 4.69) is 5.10 Å². The summed E-state index contributed by atoms with van der Waals surface area (Å²) < 4.78 is 1.83. The molecule has 2 rings (SSSR count). The van der Waals surface area contributed by atoms with E-state index in [1.165, 1.54) is 6.42 Å². The average Bonchev–Trinajstić information content (AvgIpc) is 2.85. The summed E-state index contributed by atoms with van der Waals surface area (Å²) in [5.41, 5.74) is 6.35. The molecule has 1 aromatic heterocycles. The Kier molecular flexibility index (Phi) is 2.63. The average molecular weight is 193 g/mol. The minimum atomic E-state index is 0.329. The molecule has 0 spiro atoms. The van der Waals surface area contributed by atoms with Gasteiger partial charge < -0.3 is 5.73 Å². The van der Waals surface area contributed by atoms with E-state index in [1.54, 1.807) is 12.3 Å². The van der Waals surface area contributed by atoms with E-state index in [9.17, 15) is 4.79 Å². The normalized spacial score (nSPS) is 26.6. The zero-order chi connectivity index (χ0) is 9.97. The largest absolute Gasteiger partial charge is 0.330 e. The van der Waals surface area contributed by atoms with Crippen molar-refractivity contribution < 1.29 is 4.79 Å². The molecule has 14 heavy (non-hydrogen) atoms. The first-order valence-corrected chi connectivity index (χ1v) is 5.05. The predicted octanol–water partition coefficient (Wildman–Crippen LogP) is 0.995. The van der Waals surface area contributed by atoms with E-state index in [0.29, 0.717) is 24.2 Å². The van der Waals surface area contributed by atoms with Crippen LogP contribution in [0.3, 0.4) is 0 Å². The summed E-state index contributed by atoms with van der Waals surface area (Å²) in [5, 5.41) is 4.20. The van der Waals surface area contributed by atoms with Gasteiger partial charge in [0, 0.05) is 6.20 Å². The summed E-state index contributed by atoms with van der Waals surface area (Å²) in [5.74, 6) is 0.480.